The lowest BCUT2D eigenvalue weighted by atomic mass is 10.2. The molecular formula is C20H27Cl2N5O3. The molecule has 3 rings (SSSR count). The molecule has 1 aromatic carbocycles. The van der Waals surface area contributed by atoms with Crippen molar-refractivity contribution in [3.63, 3.8) is 0 Å². The number of halogens is 2. The van der Waals surface area contributed by atoms with E-state index >= 15 is 0 Å². The number of rotatable bonds is 7. The standard InChI is InChI=1S/C20H25N5O3.2ClH/c1-13(9-21)24(2)20(26)16-7-15-11-23-25(19(15)22-10-16)12-14-5-6-17(27-3)8-18(14)28-4;;/h5-8,10-11,13H,9,12,21H2,1-4H3;2*1H. The van der Waals surface area contributed by atoms with E-state index in [1.54, 1.807) is 49.3 Å². The largest absolute Gasteiger partial charge is 0.497 e. The van der Waals surface area contributed by atoms with Crippen LogP contribution in [0.2, 0.25) is 0 Å². The lowest BCUT2D eigenvalue weighted by Gasteiger charge is -2.23. The van der Waals surface area contributed by atoms with Gasteiger partial charge in [-0.2, -0.15) is 5.10 Å². The molecule has 2 aromatic heterocycles. The molecule has 0 spiro atoms. The summed E-state index contributed by atoms with van der Waals surface area (Å²) < 4.78 is 12.5. The molecule has 1 atom stereocenters. The summed E-state index contributed by atoms with van der Waals surface area (Å²) in [5.41, 5.74) is 7.82. The summed E-state index contributed by atoms with van der Waals surface area (Å²) in [6, 6.07) is 7.40. The first-order chi connectivity index (χ1) is 13.5. The van der Waals surface area contributed by atoms with E-state index in [2.05, 4.69) is 10.1 Å². The minimum atomic E-state index is -0.114. The third kappa shape index (κ3) is 5.13. The Hall–Kier alpha value is -2.55. The molecule has 0 bridgehead atoms. The number of likely N-dealkylation sites (N-methyl/N-ethyl adjacent to an activating group) is 1. The van der Waals surface area contributed by atoms with E-state index in [0.29, 0.717) is 30.0 Å². The number of carbonyl (C=O) groups is 1. The second-order valence-corrected chi connectivity index (χ2v) is 6.62. The summed E-state index contributed by atoms with van der Waals surface area (Å²) in [7, 11) is 4.97. The van der Waals surface area contributed by atoms with Crippen LogP contribution in [0.5, 0.6) is 11.5 Å². The van der Waals surface area contributed by atoms with Gasteiger partial charge >= 0.3 is 0 Å². The predicted molar refractivity (Wildman–Crippen MR) is 121 cm³/mol. The van der Waals surface area contributed by atoms with Crippen molar-refractivity contribution >= 4 is 41.8 Å². The molecule has 30 heavy (non-hydrogen) atoms. The number of amides is 1. The minimum Gasteiger partial charge on any atom is -0.497 e. The molecule has 1 amide bonds. The number of nitrogens with two attached hydrogens (primary N) is 1. The predicted octanol–water partition coefficient (Wildman–Crippen LogP) is 2.76. The summed E-state index contributed by atoms with van der Waals surface area (Å²) in [5.74, 6) is 1.33. The average molecular weight is 456 g/mol. The molecule has 2 heterocycles. The molecule has 0 saturated carbocycles. The maximum absolute atomic E-state index is 12.6. The van der Waals surface area contributed by atoms with Gasteiger partial charge < -0.3 is 20.1 Å². The van der Waals surface area contributed by atoms with Crippen LogP contribution in [-0.4, -0.2) is 59.4 Å². The fraction of sp³-hybridized carbons (Fsp3) is 0.350. The van der Waals surface area contributed by atoms with Crippen molar-refractivity contribution in [3.05, 3.63) is 47.8 Å². The van der Waals surface area contributed by atoms with Crippen molar-refractivity contribution in [1.29, 1.82) is 0 Å². The molecule has 0 saturated heterocycles. The van der Waals surface area contributed by atoms with E-state index in [0.717, 1.165) is 16.7 Å². The van der Waals surface area contributed by atoms with Crippen LogP contribution in [0.15, 0.2) is 36.7 Å². The van der Waals surface area contributed by atoms with E-state index in [1.807, 2.05) is 25.1 Å². The molecule has 0 aliphatic carbocycles. The molecule has 10 heteroatoms. The van der Waals surface area contributed by atoms with Gasteiger partial charge in [0.2, 0.25) is 0 Å². The van der Waals surface area contributed by atoms with Gasteiger partial charge in [-0.25, -0.2) is 9.67 Å². The SMILES string of the molecule is COc1ccc(Cn2ncc3cc(C(=O)N(C)C(C)CN)cnc32)c(OC)c1.Cl.Cl. The van der Waals surface area contributed by atoms with Crippen molar-refractivity contribution in [3.8, 4) is 11.5 Å². The van der Waals surface area contributed by atoms with Gasteiger partial charge in [0.1, 0.15) is 11.5 Å². The second kappa shape index (κ2) is 11.0. The van der Waals surface area contributed by atoms with Gasteiger partial charge in [-0.3, -0.25) is 4.79 Å². The van der Waals surface area contributed by atoms with E-state index in [1.165, 1.54) is 0 Å². The minimum absolute atomic E-state index is 0. The Morgan fingerprint density at radius 2 is 1.93 bits per heavy atom. The molecular weight excluding hydrogens is 429 g/mol. The Morgan fingerprint density at radius 3 is 2.57 bits per heavy atom. The van der Waals surface area contributed by atoms with E-state index < -0.39 is 0 Å². The highest BCUT2D eigenvalue weighted by molar-refractivity contribution is 5.96. The van der Waals surface area contributed by atoms with Gasteiger partial charge in [0.25, 0.3) is 5.91 Å². The van der Waals surface area contributed by atoms with Crippen LogP contribution in [0.3, 0.4) is 0 Å². The number of nitrogens with zero attached hydrogens (tertiary/aromatic N) is 4. The maximum atomic E-state index is 12.6. The number of pyridine rings is 1. The summed E-state index contributed by atoms with van der Waals surface area (Å²) in [6.45, 7) is 2.80. The monoisotopic (exact) mass is 455 g/mol. The quantitative estimate of drug-likeness (QED) is 0.588. The van der Waals surface area contributed by atoms with Crippen LogP contribution in [0.4, 0.5) is 0 Å². The first kappa shape index (κ1) is 25.5. The van der Waals surface area contributed by atoms with Gasteiger partial charge in [0, 0.05) is 42.8 Å². The van der Waals surface area contributed by atoms with Gasteiger partial charge in [-0.1, -0.05) is 0 Å². The topological polar surface area (TPSA) is 95.5 Å². The van der Waals surface area contributed by atoms with Crippen LogP contribution >= 0.6 is 24.8 Å². The molecule has 3 aromatic rings. The molecule has 2 N–H and O–H groups in total. The van der Waals surface area contributed by atoms with Gasteiger partial charge in [0.15, 0.2) is 5.65 Å². The van der Waals surface area contributed by atoms with Crippen molar-refractivity contribution < 1.29 is 14.3 Å². The van der Waals surface area contributed by atoms with Crippen molar-refractivity contribution in [2.75, 3.05) is 27.8 Å². The smallest absolute Gasteiger partial charge is 0.255 e. The molecule has 164 valence electrons. The normalized spacial score (nSPS) is 11.2. The van der Waals surface area contributed by atoms with Crippen molar-refractivity contribution in [2.45, 2.75) is 19.5 Å². The summed E-state index contributed by atoms with van der Waals surface area (Å²) in [6.07, 6.45) is 3.29. The maximum Gasteiger partial charge on any atom is 0.255 e. The number of hydrogen-bond donors (Lipinski definition) is 1. The summed E-state index contributed by atoms with van der Waals surface area (Å²) in [4.78, 5) is 18.7. The Balaban J connectivity index is 0.00000225. The molecule has 0 fully saturated rings. The van der Waals surface area contributed by atoms with E-state index in [-0.39, 0.29) is 36.8 Å². The number of methoxy groups -OCH3 is 2. The number of benzene rings is 1. The first-order valence-corrected chi connectivity index (χ1v) is 8.98. The highest BCUT2D eigenvalue weighted by atomic mass is 35.5. The lowest BCUT2D eigenvalue weighted by Crippen LogP contribution is -2.39. The van der Waals surface area contributed by atoms with E-state index in [4.69, 9.17) is 15.2 Å². The number of ether oxygens (including phenoxy) is 2. The van der Waals surface area contributed by atoms with Crippen LogP contribution in [0, 0.1) is 0 Å². The summed E-state index contributed by atoms with van der Waals surface area (Å²) >= 11 is 0. The molecule has 8 nitrogen and oxygen atoms in total. The van der Waals surface area contributed by atoms with Crippen molar-refractivity contribution in [2.24, 2.45) is 5.73 Å². The molecule has 0 radical (unpaired) electrons. The lowest BCUT2D eigenvalue weighted by molar-refractivity contribution is 0.0748. The molecule has 1 unspecified atom stereocenters. The highest BCUT2D eigenvalue weighted by Gasteiger charge is 2.18. The van der Waals surface area contributed by atoms with Crippen LogP contribution in [-0.2, 0) is 6.54 Å². The second-order valence-electron chi connectivity index (χ2n) is 6.62. The van der Waals surface area contributed by atoms with Crippen molar-refractivity contribution in [1.82, 2.24) is 19.7 Å². The van der Waals surface area contributed by atoms with Gasteiger partial charge in [-0.05, 0) is 25.1 Å². The third-order valence-corrected chi connectivity index (χ3v) is 4.86. The number of carbonyl (C=O) groups excluding carboxylic acids is 1. The zero-order valence-electron chi connectivity index (χ0n) is 17.4. The number of aromatic nitrogens is 3. The fourth-order valence-corrected chi connectivity index (χ4v) is 2.91. The molecule has 0 aliphatic rings. The number of hydrogen-bond acceptors (Lipinski definition) is 6. The fourth-order valence-electron chi connectivity index (χ4n) is 2.91. The average Bonchev–Trinajstić information content (AvgIpc) is 3.14. The van der Waals surface area contributed by atoms with Crippen LogP contribution in [0.25, 0.3) is 11.0 Å². The number of fused-ring (bicyclic) bond motifs is 1. The molecule has 0 aliphatic heterocycles. The summed E-state index contributed by atoms with van der Waals surface area (Å²) in [5, 5.41) is 5.23. The first-order valence-electron chi connectivity index (χ1n) is 8.98. The Bertz CT molecular complexity index is 996. The Labute approximate surface area is 188 Å². The van der Waals surface area contributed by atoms with Crippen LogP contribution < -0.4 is 15.2 Å². The Morgan fingerprint density at radius 1 is 1.20 bits per heavy atom. The third-order valence-electron chi connectivity index (χ3n) is 4.86. The van der Waals surface area contributed by atoms with Crippen LogP contribution in [0.1, 0.15) is 22.8 Å². The highest BCUT2D eigenvalue weighted by Crippen LogP contribution is 2.26. The van der Waals surface area contributed by atoms with Gasteiger partial charge in [0.05, 0.1) is 32.5 Å². The zero-order chi connectivity index (χ0) is 20.3. The van der Waals surface area contributed by atoms with Gasteiger partial charge in [-0.15, -0.1) is 24.8 Å². The zero-order valence-corrected chi connectivity index (χ0v) is 19.0. The van der Waals surface area contributed by atoms with E-state index in [9.17, 15) is 4.79 Å². The Kier molecular flexibility index (Phi) is 9.35.